The van der Waals surface area contributed by atoms with E-state index in [0.717, 1.165) is 13.0 Å². The monoisotopic (exact) mass is 307 g/mol. The van der Waals surface area contributed by atoms with Gasteiger partial charge in [-0.2, -0.15) is 0 Å². The fraction of sp³-hybridized carbons (Fsp3) is 0.667. The van der Waals surface area contributed by atoms with Gasteiger partial charge in [-0.05, 0) is 44.4 Å². The summed E-state index contributed by atoms with van der Waals surface area (Å²) in [7, 11) is 0. The molecule has 22 heavy (non-hydrogen) atoms. The van der Waals surface area contributed by atoms with E-state index in [-0.39, 0.29) is 23.4 Å². The van der Waals surface area contributed by atoms with E-state index in [4.69, 9.17) is 4.74 Å². The van der Waals surface area contributed by atoms with E-state index in [9.17, 15) is 9.50 Å². The minimum Gasteiger partial charge on any atom is -0.508 e. The van der Waals surface area contributed by atoms with Crippen molar-refractivity contribution in [2.24, 2.45) is 0 Å². The van der Waals surface area contributed by atoms with Crippen molar-refractivity contribution in [3.05, 3.63) is 23.5 Å². The summed E-state index contributed by atoms with van der Waals surface area (Å²) < 4.78 is 19.5. The molecule has 1 aliphatic heterocycles. The highest BCUT2D eigenvalue weighted by molar-refractivity contribution is 5.46. The molecule has 1 N–H and O–H groups in total. The lowest BCUT2D eigenvalue weighted by Gasteiger charge is -2.41. The van der Waals surface area contributed by atoms with Gasteiger partial charge in [0.2, 0.25) is 0 Å². The van der Waals surface area contributed by atoms with Gasteiger partial charge in [0.05, 0.1) is 0 Å². The van der Waals surface area contributed by atoms with E-state index in [2.05, 4.69) is 11.8 Å². The predicted molar refractivity (Wildman–Crippen MR) is 84.9 cm³/mol. The SMILES string of the molecule is CCCN(C1CCCCC1)[C@H]1COc2c(F)ccc(O)c2C1. The van der Waals surface area contributed by atoms with Crippen molar-refractivity contribution in [3.63, 3.8) is 0 Å². The Morgan fingerprint density at radius 2 is 2.00 bits per heavy atom. The number of rotatable bonds is 4. The van der Waals surface area contributed by atoms with Gasteiger partial charge < -0.3 is 9.84 Å². The number of halogens is 1. The van der Waals surface area contributed by atoms with Gasteiger partial charge in [0, 0.05) is 17.6 Å². The number of benzene rings is 1. The molecule has 3 nitrogen and oxygen atoms in total. The molecule has 122 valence electrons. The summed E-state index contributed by atoms with van der Waals surface area (Å²) >= 11 is 0. The van der Waals surface area contributed by atoms with Crippen LogP contribution in [-0.2, 0) is 6.42 Å². The molecule has 0 aromatic heterocycles. The Morgan fingerprint density at radius 3 is 2.73 bits per heavy atom. The minimum absolute atomic E-state index is 0.154. The van der Waals surface area contributed by atoms with Gasteiger partial charge in [-0.3, -0.25) is 4.90 Å². The molecule has 1 aromatic carbocycles. The molecule has 1 aliphatic carbocycles. The summed E-state index contributed by atoms with van der Waals surface area (Å²) in [5.41, 5.74) is 0.633. The molecule has 0 amide bonds. The summed E-state index contributed by atoms with van der Waals surface area (Å²) in [5.74, 6) is 0.0310. The average molecular weight is 307 g/mol. The largest absolute Gasteiger partial charge is 0.508 e. The number of hydrogen-bond donors (Lipinski definition) is 1. The van der Waals surface area contributed by atoms with Gasteiger partial charge in [0.1, 0.15) is 12.4 Å². The van der Waals surface area contributed by atoms with Crippen LogP contribution in [-0.4, -0.2) is 35.2 Å². The first kappa shape index (κ1) is 15.6. The molecule has 2 aliphatic rings. The fourth-order valence-corrected chi connectivity index (χ4v) is 3.96. The first-order valence-corrected chi connectivity index (χ1v) is 8.59. The van der Waals surface area contributed by atoms with Crippen molar-refractivity contribution in [2.45, 2.75) is 64.0 Å². The van der Waals surface area contributed by atoms with Crippen LogP contribution in [0.15, 0.2) is 12.1 Å². The van der Waals surface area contributed by atoms with Crippen LogP contribution in [0, 0.1) is 5.82 Å². The summed E-state index contributed by atoms with van der Waals surface area (Å²) in [5, 5.41) is 10.1. The van der Waals surface area contributed by atoms with E-state index in [1.807, 2.05) is 0 Å². The highest BCUT2D eigenvalue weighted by atomic mass is 19.1. The first-order chi connectivity index (χ1) is 10.7. The zero-order valence-electron chi connectivity index (χ0n) is 13.4. The number of nitrogens with zero attached hydrogens (tertiary/aromatic N) is 1. The molecule has 4 heteroatoms. The summed E-state index contributed by atoms with van der Waals surface area (Å²) in [4.78, 5) is 2.55. The number of ether oxygens (including phenoxy) is 1. The second-order valence-electron chi connectivity index (χ2n) is 6.57. The average Bonchev–Trinajstić information content (AvgIpc) is 2.57. The smallest absolute Gasteiger partial charge is 0.165 e. The number of phenolic OH excluding ortho intramolecular Hbond substituents is 1. The lowest BCUT2D eigenvalue weighted by Crippen LogP contribution is -2.49. The lowest BCUT2D eigenvalue weighted by molar-refractivity contribution is 0.0599. The molecule has 1 atom stereocenters. The molecule has 0 bridgehead atoms. The van der Waals surface area contributed by atoms with Crippen LogP contribution in [0.5, 0.6) is 11.5 Å². The maximum atomic E-state index is 13.8. The topological polar surface area (TPSA) is 32.7 Å². The van der Waals surface area contributed by atoms with Gasteiger partial charge in [0.25, 0.3) is 0 Å². The number of hydrogen-bond acceptors (Lipinski definition) is 3. The van der Waals surface area contributed by atoms with Crippen molar-refractivity contribution in [3.8, 4) is 11.5 Å². The van der Waals surface area contributed by atoms with Crippen LogP contribution in [0.2, 0.25) is 0 Å². The second kappa shape index (κ2) is 6.86. The highest BCUT2D eigenvalue weighted by Gasteiger charge is 2.32. The van der Waals surface area contributed by atoms with E-state index in [0.29, 0.717) is 24.6 Å². The molecule has 1 aromatic rings. The molecular formula is C18H26FNO2. The Labute approximate surface area is 132 Å². The summed E-state index contributed by atoms with van der Waals surface area (Å²) in [6, 6.07) is 3.56. The van der Waals surface area contributed by atoms with Crippen molar-refractivity contribution in [1.29, 1.82) is 0 Å². The maximum Gasteiger partial charge on any atom is 0.165 e. The van der Waals surface area contributed by atoms with Gasteiger partial charge in [-0.1, -0.05) is 26.2 Å². The minimum atomic E-state index is -0.369. The van der Waals surface area contributed by atoms with Crippen molar-refractivity contribution in [1.82, 2.24) is 4.90 Å². The molecule has 0 unspecified atom stereocenters. The van der Waals surface area contributed by atoms with E-state index in [1.165, 1.54) is 44.2 Å². The standard InChI is InChI=1S/C18H26FNO2/c1-2-10-20(13-6-4-3-5-7-13)14-11-15-17(21)9-8-16(19)18(15)22-12-14/h8-9,13-14,21H,2-7,10-12H2,1H3/t14-/m1/s1. The van der Waals surface area contributed by atoms with Crippen molar-refractivity contribution >= 4 is 0 Å². The van der Waals surface area contributed by atoms with Crippen LogP contribution in [0.3, 0.4) is 0 Å². The third-order valence-corrected chi connectivity index (χ3v) is 5.04. The Bertz CT molecular complexity index is 514. The normalized spacial score (nSPS) is 22.4. The third-order valence-electron chi connectivity index (χ3n) is 5.04. The molecule has 3 rings (SSSR count). The predicted octanol–water partition coefficient (Wildman–Crippen LogP) is 3.88. The van der Waals surface area contributed by atoms with Gasteiger partial charge in [-0.25, -0.2) is 4.39 Å². The third kappa shape index (κ3) is 3.07. The summed E-state index contributed by atoms with van der Waals surface area (Å²) in [6.45, 7) is 3.76. The number of fused-ring (bicyclic) bond motifs is 1. The first-order valence-electron chi connectivity index (χ1n) is 8.59. The van der Waals surface area contributed by atoms with Crippen molar-refractivity contribution < 1.29 is 14.2 Å². The van der Waals surface area contributed by atoms with E-state index in [1.54, 1.807) is 0 Å². The van der Waals surface area contributed by atoms with Crippen LogP contribution in [0.1, 0.15) is 51.0 Å². The Hall–Kier alpha value is -1.29. The van der Waals surface area contributed by atoms with Gasteiger partial charge in [-0.15, -0.1) is 0 Å². The van der Waals surface area contributed by atoms with Gasteiger partial charge >= 0.3 is 0 Å². The quantitative estimate of drug-likeness (QED) is 0.916. The van der Waals surface area contributed by atoms with Crippen LogP contribution >= 0.6 is 0 Å². The molecule has 1 saturated carbocycles. The zero-order valence-corrected chi connectivity index (χ0v) is 13.4. The van der Waals surface area contributed by atoms with Crippen LogP contribution in [0.25, 0.3) is 0 Å². The molecule has 0 radical (unpaired) electrons. The second-order valence-corrected chi connectivity index (χ2v) is 6.57. The highest BCUT2D eigenvalue weighted by Crippen LogP contribution is 2.37. The molecule has 1 fully saturated rings. The van der Waals surface area contributed by atoms with Gasteiger partial charge in [0.15, 0.2) is 11.6 Å². The van der Waals surface area contributed by atoms with Crippen molar-refractivity contribution in [2.75, 3.05) is 13.2 Å². The number of aromatic hydroxyl groups is 1. The Balaban J connectivity index is 1.80. The molecular weight excluding hydrogens is 281 g/mol. The summed E-state index contributed by atoms with van der Waals surface area (Å²) in [6.07, 6.45) is 8.22. The maximum absolute atomic E-state index is 13.8. The molecule has 0 saturated heterocycles. The van der Waals surface area contributed by atoms with E-state index < -0.39 is 0 Å². The molecule has 1 heterocycles. The van der Waals surface area contributed by atoms with Crippen LogP contribution in [0.4, 0.5) is 4.39 Å². The number of phenols is 1. The lowest BCUT2D eigenvalue weighted by atomic mass is 9.91. The van der Waals surface area contributed by atoms with Crippen LogP contribution < -0.4 is 4.74 Å². The Morgan fingerprint density at radius 1 is 1.23 bits per heavy atom. The Kier molecular flexibility index (Phi) is 4.87. The fourth-order valence-electron chi connectivity index (χ4n) is 3.96. The molecule has 0 spiro atoms. The zero-order chi connectivity index (χ0) is 15.5. The van der Waals surface area contributed by atoms with E-state index >= 15 is 0 Å².